The third kappa shape index (κ3) is 8.96. The molecule has 2 atom stereocenters. The Hall–Kier alpha value is -3.46. The van der Waals surface area contributed by atoms with Crippen LogP contribution < -0.4 is 21.9 Å². The summed E-state index contributed by atoms with van der Waals surface area (Å²) < 4.78 is 85.1. The van der Waals surface area contributed by atoms with Crippen molar-refractivity contribution in [1.82, 2.24) is 0 Å². The zero-order chi connectivity index (χ0) is 47.8. The molecule has 0 amide bonds. The van der Waals surface area contributed by atoms with Crippen LogP contribution in [0.15, 0.2) is 60.7 Å². The van der Waals surface area contributed by atoms with Gasteiger partial charge in [-0.05, 0) is 92.0 Å². The van der Waals surface area contributed by atoms with Crippen molar-refractivity contribution in [3.8, 4) is 22.3 Å². The Morgan fingerprint density at radius 1 is 0.485 bits per heavy atom. The Balaban J connectivity index is 0.000000171. The van der Waals surface area contributed by atoms with Gasteiger partial charge in [-0.15, -0.1) is 0 Å². The van der Waals surface area contributed by atoms with Crippen LogP contribution in [0, 0.1) is 0 Å². The molecule has 4 aromatic carbocycles. The van der Waals surface area contributed by atoms with Crippen LogP contribution in [0.2, 0.25) is 0 Å². The summed E-state index contributed by atoms with van der Waals surface area (Å²) in [5.41, 5.74) is 7.23. The van der Waals surface area contributed by atoms with Gasteiger partial charge < -0.3 is 38.7 Å². The highest BCUT2D eigenvalue weighted by molar-refractivity contribution is 6.63. The number of fused-ring (bicyclic) bond motifs is 6. The number of alkyl halides is 4. The van der Waals surface area contributed by atoms with Crippen molar-refractivity contribution < 1.29 is 56.3 Å². The molecule has 10 rings (SSSR count). The number of rotatable bonds is 18. The van der Waals surface area contributed by atoms with Crippen LogP contribution >= 0.6 is 0 Å². The highest BCUT2D eigenvalue weighted by Gasteiger charge is 2.57. The monoisotopic (exact) mass is 936 g/mol. The van der Waals surface area contributed by atoms with E-state index in [1.807, 2.05) is 18.2 Å². The zero-order valence-electron chi connectivity index (χ0n) is 39.6. The van der Waals surface area contributed by atoms with Gasteiger partial charge in [-0.2, -0.15) is 0 Å². The Morgan fingerprint density at radius 3 is 1.51 bits per heavy atom. The second kappa shape index (κ2) is 20.3. The first kappa shape index (κ1) is 49.5. The van der Waals surface area contributed by atoms with E-state index >= 15 is 17.6 Å². The zero-order valence-corrected chi connectivity index (χ0v) is 39.6. The number of hydrogen-bond acceptors (Lipinski definition) is 8. The predicted octanol–water partition coefficient (Wildman–Crippen LogP) is 8.02. The number of benzene rings is 4. The highest BCUT2D eigenvalue weighted by atomic mass is 19.3. The lowest BCUT2D eigenvalue weighted by atomic mass is 9.60. The molecule has 2 unspecified atom stereocenters. The molecule has 8 nitrogen and oxygen atoms in total. The quantitative estimate of drug-likeness (QED) is 0.0451. The molecule has 0 bridgehead atoms. The van der Waals surface area contributed by atoms with Gasteiger partial charge >= 0.3 is 28.5 Å². The minimum absolute atomic E-state index is 0.143. The van der Waals surface area contributed by atoms with Crippen LogP contribution in [-0.2, 0) is 41.3 Å². The molecule has 0 spiro atoms. The second-order valence-electron chi connectivity index (χ2n) is 20.0. The molecule has 16 heteroatoms. The van der Waals surface area contributed by atoms with Crippen molar-refractivity contribution in [3.63, 3.8) is 0 Å². The van der Waals surface area contributed by atoms with Gasteiger partial charge in [-0.25, -0.2) is 17.6 Å². The van der Waals surface area contributed by atoms with E-state index in [9.17, 15) is 20.1 Å². The average molecular weight is 936 g/mol. The van der Waals surface area contributed by atoms with Gasteiger partial charge in [0.05, 0.1) is 26.4 Å². The van der Waals surface area contributed by atoms with Crippen LogP contribution in [0.1, 0.15) is 163 Å². The Bertz CT molecular complexity index is 2440. The van der Waals surface area contributed by atoms with Gasteiger partial charge in [0.1, 0.15) is 0 Å². The number of hydrogen-bond donors (Lipinski definition) is 4. The maximum absolute atomic E-state index is 15.8. The molecular weight excluding hydrogens is 872 g/mol. The van der Waals surface area contributed by atoms with E-state index in [4.69, 9.17) is 18.6 Å². The molecule has 2 heterocycles. The lowest BCUT2D eigenvalue weighted by Gasteiger charge is -2.41. The molecule has 2 aliphatic heterocycles. The van der Waals surface area contributed by atoms with Gasteiger partial charge in [0.15, 0.2) is 0 Å². The molecule has 68 heavy (non-hydrogen) atoms. The fraction of sp³-hybridized carbons (Fsp3) is 0.538. The van der Waals surface area contributed by atoms with Crippen molar-refractivity contribution in [2.24, 2.45) is 0 Å². The summed E-state index contributed by atoms with van der Waals surface area (Å²) in [5.74, 6) is -6.07. The van der Waals surface area contributed by atoms with E-state index in [0.717, 1.165) is 90.2 Å². The van der Waals surface area contributed by atoms with E-state index in [2.05, 4.69) is 26.0 Å². The molecule has 4 aromatic rings. The third-order valence-electron chi connectivity index (χ3n) is 15.9. The van der Waals surface area contributed by atoms with E-state index < -0.39 is 44.0 Å². The van der Waals surface area contributed by atoms with Crippen molar-refractivity contribution in [3.05, 3.63) is 94.0 Å². The Kier molecular flexibility index (Phi) is 14.8. The summed E-state index contributed by atoms with van der Waals surface area (Å²) in [6.45, 7) is 6.40. The largest absolute Gasteiger partial charge is 0.494 e. The maximum atomic E-state index is 15.8. The Labute approximate surface area is 400 Å². The maximum Gasteiger partial charge on any atom is 0.494 e. The first-order valence-corrected chi connectivity index (χ1v) is 25.4. The standard InChI is InChI=1S/C28H34B2F2O4.C24H30B2F2O4/c1-2-3-4-5-6-7-12-27-13-14-28(31,32)26-24(30-35-17-18-36-30)11-10-22(25(26)27)21-9-8-20(19-23(21)27)29-33-15-16-34-29;1-2-3-4-5-6-7-12-23-13-14-24(27,28)22-20(26(31)32)11-10-18(21(22)23)17-9-8-16(25(29)30)15-19(17)23/h8-11,19H,2-7,12-18H2,1H3;8-11,15,29-32H,2-7,12-14H2,1H3. The van der Waals surface area contributed by atoms with Crippen molar-refractivity contribution in [2.75, 3.05) is 26.4 Å². The van der Waals surface area contributed by atoms with Crippen LogP contribution in [0.25, 0.3) is 22.3 Å². The molecule has 0 radical (unpaired) electrons. The van der Waals surface area contributed by atoms with E-state index in [-0.39, 0.29) is 43.0 Å². The summed E-state index contributed by atoms with van der Waals surface area (Å²) in [6.07, 6.45) is 15.2. The van der Waals surface area contributed by atoms with Gasteiger partial charge in [0.25, 0.3) is 11.8 Å². The van der Waals surface area contributed by atoms with Crippen molar-refractivity contribution in [2.45, 2.75) is 152 Å². The van der Waals surface area contributed by atoms with E-state index in [1.54, 1.807) is 24.3 Å². The lowest BCUT2D eigenvalue weighted by molar-refractivity contribution is -0.0300. The van der Waals surface area contributed by atoms with Crippen LogP contribution in [0.3, 0.4) is 0 Å². The molecule has 0 saturated carbocycles. The molecular formula is C52H64B4F4O8. The van der Waals surface area contributed by atoms with Crippen LogP contribution in [0.4, 0.5) is 17.6 Å². The number of halogens is 4. The molecule has 360 valence electrons. The summed E-state index contributed by atoms with van der Waals surface area (Å²) >= 11 is 0. The van der Waals surface area contributed by atoms with E-state index in [1.165, 1.54) is 38.2 Å². The minimum Gasteiger partial charge on any atom is -0.423 e. The van der Waals surface area contributed by atoms with Gasteiger partial charge in [0.2, 0.25) is 0 Å². The normalized spacial score (nSPS) is 22.1. The first-order chi connectivity index (χ1) is 32.8. The smallest absolute Gasteiger partial charge is 0.423 e. The molecule has 0 aromatic heterocycles. The summed E-state index contributed by atoms with van der Waals surface area (Å²) in [4.78, 5) is 0. The van der Waals surface area contributed by atoms with Gasteiger partial charge in [-0.1, -0.05) is 152 Å². The SMILES string of the molecule is CCCCCCCCC12CCC(F)(F)c3c(B(O)O)ccc(c31)-c1ccc(B(O)O)cc12.CCCCCCCCC12CCC(F)(F)c3c(B4OCCO4)ccc(c31)-c1ccc(B3OCCO3)cc12. The van der Waals surface area contributed by atoms with Crippen molar-refractivity contribution >= 4 is 50.3 Å². The molecule has 2 saturated heterocycles. The summed E-state index contributed by atoms with van der Waals surface area (Å²) in [5, 5.41) is 39.3. The molecule has 2 fully saturated rings. The van der Waals surface area contributed by atoms with Crippen LogP contribution in [-0.4, -0.2) is 75.0 Å². The minimum atomic E-state index is -3.16. The van der Waals surface area contributed by atoms with Crippen LogP contribution in [0.5, 0.6) is 0 Å². The highest BCUT2D eigenvalue weighted by Crippen LogP contribution is 2.62. The molecule has 4 N–H and O–H groups in total. The third-order valence-corrected chi connectivity index (χ3v) is 15.9. The topological polar surface area (TPSA) is 118 Å². The fourth-order valence-corrected chi connectivity index (χ4v) is 12.6. The Morgan fingerprint density at radius 2 is 0.956 bits per heavy atom. The average Bonchev–Trinajstić information content (AvgIpc) is 4.16. The molecule has 6 aliphatic rings. The lowest BCUT2D eigenvalue weighted by Crippen LogP contribution is -2.45. The van der Waals surface area contributed by atoms with Gasteiger partial charge in [-0.3, -0.25) is 0 Å². The van der Waals surface area contributed by atoms with Crippen molar-refractivity contribution in [1.29, 1.82) is 0 Å². The fourth-order valence-electron chi connectivity index (χ4n) is 12.6. The summed E-state index contributed by atoms with van der Waals surface area (Å²) in [6, 6.07) is 18.3. The second-order valence-corrected chi connectivity index (χ2v) is 20.0. The number of unbranched alkanes of at least 4 members (excludes halogenated alkanes) is 10. The first-order valence-electron chi connectivity index (χ1n) is 25.4. The molecule has 4 aliphatic carbocycles. The summed E-state index contributed by atoms with van der Waals surface area (Å²) in [7, 11) is -4.73. The van der Waals surface area contributed by atoms with Gasteiger partial charge in [0, 0.05) is 34.8 Å². The predicted molar refractivity (Wildman–Crippen MR) is 262 cm³/mol. The van der Waals surface area contributed by atoms with E-state index in [0.29, 0.717) is 61.3 Å².